The maximum absolute atomic E-state index is 10.5. The normalized spacial score (nSPS) is 17.4. The number of hydrogen-bond acceptors (Lipinski definition) is 5. The van der Waals surface area contributed by atoms with Crippen LogP contribution >= 0.6 is 0 Å². The lowest BCUT2D eigenvalue weighted by molar-refractivity contribution is 0.0929. The van der Waals surface area contributed by atoms with Crippen LogP contribution in [0, 0.1) is 5.92 Å². The van der Waals surface area contributed by atoms with Crippen molar-refractivity contribution in [2.45, 2.75) is 25.4 Å². The SMILES string of the molecule is Nc1cncc(N2CCC(C(O)Cc3ccccc3)CC2)n1. The molecule has 3 N–H and O–H groups in total. The lowest BCUT2D eigenvalue weighted by atomic mass is 9.88. The van der Waals surface area contributed by atoms with Crippen LogP contribution in [-0.4, -0.2) is 34.3 Å². The number of anilines is 2. The van der Waals surface area contributed by atoms with Crippen LogP contribution in [0.25, 0.3) is 0 Å². The van der Waals surface area contributed by atoms with Crippen molar-refractivity contribution in [1.82, 2.24) is 9.97 Å². The zero-order valence-corrected chi connectivity index (χ0v) is 12.6. The molecule has 1 aliphatic rings. The number of nitrogen functional groups attached to an aromatic ring is 1. The Kier molecular flexibility index (Phi) is 4.53. The van der Waals surface area contributed by atoms with Crippen molar-refractivity contribution < 1.29 is 5.11 Å². The van der Waals surface area contributed by atoms with Crippen molar-refractivity contribution in [2.75, 3.05) is 23.7 Å². The Hall–Kier alpha value is -2.14. The van der Waals surface area contributed by atoms with Gasteiger partial charge in [0.2, 0.25) is 0 Å². The summed E-state index contributed by atoms with van der Waals surface area (Å²) in [6, 6.07) is 10.2. The molecule has 2 heterocycles. The minimum absolute atomic E-state index is 0.281. The van der Waals surface area contributed by atoms with Crippen LogP contribution in [0.15, 0.2) is 42.7 Å². The molecular formula is C17H22N4O. The van der Waals surface area contributed by atoms with Gasteiger partial charge < -0.3 is 15.7 Å². The minimum Gasteiger partial charge on any atom is -0.392 e. The van der Waals surface area contributed by atoms with Crippen LogP contribution in [0.5, 0.6) is 0 Å². The molecule has 1 aromatic carbocycles. The summed E-state index contributed by atoms with van der Waals surface area (Å²) in [5, 5.41) is 10.5. The van der Waals surface area contributed by atoms with Gasteiger partial charge in [-0.05, 0) is 30.7 Å². The molecule has 0 spiro atoms. The quantitative estimate of drug-likeness (QED) is 0.901. The largest absolute Gasteiger partial charge is 0.392 e. The van der Waals surface area contributed by atoms with E-state index in [1.165, 1.54) is 5.56 Å². The highest BCUT2D eigenvalue weighted by Gasteiger charge is 2.26. The van der Waals surface area contributed by atoms with Gasteiger partial charge in [0.1, 0.15) is 11.6 Å². The summed E-state index contributed by atoms with van der Waals surface area (Å²) in [5.41, 5.74) is 6.88. The molecule has 0 bridgehead atoms. The molecule has 0 radical (unpaired) electrons. The Morgan fingerprint density at radius 3 is 2.59 bits per heavy atom. The van der Waals surface area contributed by atoms with Gasteiger partial charge in [-0.25, -0.2) is 4.98 Å². The zero-order chi connectivity index (χ0) is 15.4. The van der Waals surface area contributed by atoms with Gasteiger partial charge in [0.25, 0.3) is 0 Å². The molecule has 1 unspecified atom stereocenters. The van der Waals surface area contributed by atoms with Gasteiger partial charge in [-0.1, -0.05) is 30.3 Å². The predicted octanol–water partition coefficient (Wildman–Crippen LogP) is 1.88. The third kappa shape index (κ3) is 3.54. The Morgan fingerprint density at radius 2 is 1.91 bits per heavy atom. The van der Waals surface area contributed by atoms with Gasteiger partial charge in [-0.3, -0.25) is 4.98 Å². The van der Waals surface area contributed by atoms with Crippen molar-refractivity contribution in [3.8, 4) is 0 Å². The molecule has 1 atom stereocenters. The summed E-state index contributed by atoms with van der Waals surface area (Å²) in [4.78, 5) is 10.6. The fraction of sp³-hybridized carbons (Fsp3) is 0.412. The molecule has 0 saturated carbocycles. The first-order valence-corrected chi connectivity index (χ1v) is 7.77. The number of aliphatic hydroxyl groups excluding tert-OH is 1. The summed E-state index contributed by atoms with van der Waals surface area (Å²) in [6.45, 7) is 1.77. The van der Waals surface area contributed by atoms with Crippen molar-refractivity contribution in [1.29, 1.82) is 0 Å². The second-order valence-electron chi connectivity index (χ2n) is 5.88. The van der Waals surface area contributed by atoms with E-state index in [2.05, 4.69) is 27.0 Å². The van der Waals surface area contributed by atoms with Crippen molar-refractivity contribution in [2.24, 2.45) is 5.92 Å². The fourth-order valence-corrected chi connectivity index (χ4v) is 3.06. The highest BCUT2D eigenvalue weighted by Crippen LogP contribution is 2.25. The molecule has 22 heavy (non-hydrogen) atoms. The van der Waals surface area contributed by atoms with Gasteiger partial charge in [0.15, 0.2) is 0 Å². The van der Waals surface area contributed by atoms with Crippen molar-refractivity contribution in [3.05, 3.63) is 48.3 Å². The van der Waals surface area contributed by atoms with Crippen molar-refractivity contribution in [3.63, 3.8) is 0 Å². The lowest BCUT2D eigenvalue weighted by Crippen LogP contribution is -2.39. The van der Waals surface area contributed by atoms with Gasteiger partial charge in [0, 0.05) is 13.1 Å². The predicted molar refractivity (Wildman–Crippen MR) is 87.5 cm³/mol. The number of piperidine rings is 1. The van der Waals surface area contributed by atoms with Gasteiger partial charge >= 0.3 is 0 Å². The van der Waals surface area contributed by atoms with Gasteiger partial charge in [0.05, 0.1) is 18.5 Å². The number of benzene rings is 1. The summed E-state index contributed by atoms with van der Waals surface area (Å²) in [7, 11) is 0. The molecule has 1 saturated heterocycles. The smallest absolute Gasteiger partial charge is 0.149 e. The Morgan fingerprint density at radius 1 is 1.18 bits per heavy atom. The first-order valence-electron chi connectivity index (χ1n) is 7.77. The van der Waals surface area contributed by atoms with Crippen LogP contribution in [-0.2, 0) is 6.42 Å². The number of aliphatic hydroxyl groups is 1. The monoisotopic (exact) mass is 298 g/mol. The van der Waals surface area contributed by atoms with Crippen molar-refractivity contribution >= 4 is 11.6 Å². The molecule has 2 aromatic rings. The van der Waals surface area contributed by atoms with E-state index < -0.39 is 0 Å². The maximum atomic E-state index is 10.5. The number of nitrogens with two attached hydrogens (primary N) is 1. The molecule has 3 rings (SSSR count). The molecule has 1 aromatic heterocycles. The lowest BCUT2D eigenvalue weighted by Gasteiger charge is -2.34. The van der Waals surface area contributed by atoms with Crippen LogP contribution in [0.4, 0.5) is 11.6 Å². The minimum atomic E-state index is -0.281. The number of rotatable bonds is 4. The highest BCUT2D eigenvalue weighted by molar-refractivity contribution is 5.41. The fourth-order valence-electron chi connectivity index (χ4n) is 3.06. The van der Waals surface area contributed by atoms with Crippen LogP contribution in [0.1, 0.15) is 18.4 Å². The highest BCUT2D eigenvalue weighted by atomic mass is 16.3. The third-order valence-corrected chi connectivity index (χ3v) is 4.34. The summed E-state index contributed by atoms with van der Waals surface area (Å²) in [5.74, 6) is 1.62. The van der Waals surface area contributed by atoms with Gasteiger partial charge in [-0.2, -0.15) is 0 Å². The molecule has 0 amide bonds. The average molecular weight is 298 g/mol. The molecule has 5 heteroatoms. The van der Waals surface area contributed by atoms with Crippen LogP contribution in [0.2, 0.25) is 0 Å². The van der Waals surface area contributed by atoms with E-state index >= 15 is 0 Å². The Labute approximate surface area is 130 Å². The molecule has 0 aliphatic carbocycles. The topological polar surface area (TPSA) is 75.3 Å². The Bertz CT molecular complexity index is 597. The standard InChI is InChI=1S/C17H22N4O/c18-16-11-19-12-17(20-16)21-8-6-14(7-9-21)15(22)10-13-4-2-1-3-5-13/h1-5,11-12,14-15,22H,6-10H2,(H2,18,20). The van der Waals surface area contributed by atoms with E-state index in [1.807, 2.05) is 18.2 Å². The second kappa shape index (κ2) is 6.75. The summed E-state index contributed by atoms with van der Waals surface area (Å²) >= 11 is 0. The van der Waals surface area contributed by atoms with Crippen LogP contribution < -0.4 is 10.6 Å². The average Bonchev–Trinajstić information content (AvgIpc) is 2.56. The van der Waals surface area contributed by atoms with E-state index in [-0.39, 0.29) is 6.10 Å². The van der Waals surface area contributed by atoms with Gasteiger partial charge in [-0.15, -0.1) is 0 Å². The molecule has 1 fully saturated rings. The zero-order valence-electron chi connectivity index (χ0n) is 12.6. The molecule has 1 aliphatic heterocycles. The third-order valence-electron chi connectivity index (χ3n) is 4.34. The Balaban J connectivity index is 1.55. The summed E-state index contributed by atoms with van der Waals surface area (Å²) < 4.78 is 0. The van der Waals surface area contributed by atoms with E-state index in [4.69, 9.17) is 5.73 Å². The van der Waals surface area contributed by atoms with E-state index in [9.17, 15) is 5.11 Å². The molecule has 116 valence electrons. The first-order chi connectivity index (χ1) is 10.7. The second-order valence-corrected chi connectivity index (χ2v) is 5.88. The number of aromatic nitrogens is 2. The maximum Gasteiger partial charge on any atom is 0.149 e. The van der Waals surface area contributed by atoms with E-state index in [1.54, 1.807) is 12.4 Å². The molecular weight excluding hydrogens is 276 g/mol. The first kappa shape index (κ1) is 14.8. The number of hydrogen-bond donors (Lipinski definition) is 2. The summed E-state index contributed by atoms with van der Waals surface area (Å²) in [6.07, 6.45) is 5.67. The number of nitrogens with zero attached hydrogens (tertiary/aromatic N) is 3. The van der Waals surface area contributed by atoms with E-state index in [0.717, 1.165) is 38.2 Å². The molecule has 5 nitrogen and oxygen atoms in total. The van der Waals surface area contributed by atoms with E-state index in [0.29, 0.717) is 11.7 Å². The van der Waals surface area contributed by atoms with Crippen LogP contribution in [0.3, 0.4) is 0 Å².